The average molecular weight is 439 g/mol. The lowest BCUT2D eigenvalue weighted by Crippen LogP contribution is -2.13. The number of rotatable bonds is 10. The van der Waals surface area contributed by atoms with Crippen LogP contribution in [0.3, 0.4) is 0 Å². The second-order valence-electron chi connectivity index (χ2n) is 8.37. The summed E-state index contributed by atoms with van der Waals surface area (Å²) in [6.07, 6.45) is 7.86. The van der Waals surface area contributed by atoms with E-state index in [-0.39, 0.29) is 6.10 Å². The molecular weight excluding hydrogens is 380 g/mol. The van der Waals surface area contributed by atoms with Crippen LogP contribution in [0.1, 0.15) is 122 Å². The van der Waals surface area contributed by atoms with Crippen molar-refractivity contribution in [2.45, 2.75) is 128 Å². The van der Waals surface area contributed by atoms with Crippen LogP contribution >= 0.6 is 0 Å². The number of aliphatic imine (C=N–C) groups is 1. The summed E-state index contributed by atoms with van der Waals surface area (Å²) in [4.78, 5) is 4.01. The second-order valence-corrected chi connectivity index (χ2v) is 8.37. The highest BCUT2D eigenvalue weighted by Gasteiger charge is 2.15. The van der Waals surface area contributed by atoms with Gasteiger partial charge in [0.15, 0.2) is 0 Å². The third-order valence-corrected chi connectivity index (χ3v) is 5.44. The molecule has 0 saturated heterocycles. The van der Waals surface area contributed by atoms with E-state index >= 15 is 0 Å². The van der Waals surface area contributed by atoms with Crippen molar-refractivity contribution in [3.05, 3.63) is 35.8 Å². The summed E-state index contributed by atoms with van der Waals surface area (Å²) in [5.41, 5.74) is 10.1. The topological polar surface area (TPSA) is 47.6 Å². The second kappa shape index (κ2) is 23.2. The molecule has 0 radical (unpaired) electrons. The van der Waals surface area contributed by atoms with Crippen molar-refractivity contribution in [1.29, 1.82) is 0 Å². The largest absolute Gasteiger partial charge is 0.491 e. The van der Waals surface area contributed by atoms with Crippen LogP contribution in [-0.4, -0.2) is 18.9 Å². The summed E-state index contributed by atoms with van der Waals surface area (Å²) in [5, 5.41) is 0. The van der Waals surface area contributed by atoms with Crippen molar-refractivity contribution in [3.8, 4) is 0 Å². The molecule has 0 aliphatic rings. The third kappa shape index (κ3) is 23.0. The van der Waals surface area contributed by atoms with Gasteiger partial charge in [-0.15, -0.1) is 6.58 Å². The van der Waals surface area contributed by atoms with Crippen molar-refractivity contribution in [1.82, 2.24) is 0 Å². The number of allylic oxidation sites excluding steroid dienone is 3. The molecule has 3 heteroatoms. The van der Waals surface area contributed by atoms with Gasteiger partial charge in [0.25, 0.3) is 0 Å². The van der Waals surface area contributed by atoms with E-state index in [1.807, 2.05) is 41.5 Å². The first-order valence-electron chi connectivity index (χ1n) is 12.3. The number of hydrogen-bond donors (Lipinski definition) is 1. The molecule has 0 aliphatic heterocycles. The molecule has 0 atom stereocenters. The Kier molecular flexibility index (Phi) is 27.5. The highest BCUT2D eigenvalue weighted by Crippen LogP contribution is 2.28. The van der Waals surface area contributed by atoms with Gasteiger partial charge in [0.1, 0.15) is 5.76 Å². The number of nitrogens with zero attached hydrogens (tertiary/aromatic N) is 1. The van der Waals surface area contributed by atoms with Crippen LogP contribution in [0.5, 0.6) is 0 Å². The minimum atomic E-state index is 0.115. The van der Waals surface area contributed by atoms with Crippen LogP contribution < -0.4 is 5.73 Å². The molecule has 0 aromatic rings. The number of hydrogen-bond acceptors (Lipinski definition) is 3. The molecule has 0 bridgehead atoms. The molecule has 2 N–H and O–H groups in total. The molecule has 0 rings (SSSR count). The van der Waals surface area contributed by atoms with Gasteiger partial charge in [-0.3, -0.25) is 4.99 Å². The van der Waals surface area contributed by atoms with E-state index in [9.17, 15) is 0 Å². The zero-order valence-electron chi connectivity index (χ0n) is 23.7. The lowest BCUT2D eigenvalue weighted by Gasteiger charge is -2.23. The minimum Gasteiger partial charge on any atom is -0.491 e. The van der Waals surface area contributed by atoms with Gasteiger partial charge in [-0.25, -0.2) is 0 Å². The Bertz CT molecular complexity index is 501. The van der Waals surface area contributed by atoms with E-state index in [0.29, 0.717) is 16.9 Å². The molecule has 3 nitrogen and oxygen atoms in total. The van der Waals surface area contributed by atoms with E-state index in [2.05, 4.69) is 59.7 Å². The molecule has 0 saturated carbocycles. The molecule has 0 aliphatic carbocycles. The zero-order chi connectivity index (χ0) is 25.6. The van der Waals surface area contributed by atoms with Gasteiger partial charge < -0.3 is 10.5 Å². The fourth-order valence-corrected chi connectivity index (χ4v) is 2.14. The van der Waals surface area contributed by atoms with E-state index in [1.54, 1.807) is 7.05 Å². The summed E-state index contributed by atoms with van der Waals surface area (Å²) in [7, 11) is 1.71. The Labute approximate surface area is 197 Å². The first-order chi connectivity index (χ1) is 14.3. The Balaban J connectivity index is -0.000000183. The molecule has 186 valence electrons. The lowest BCUT2D eigenvalue weighted by atomic mass is 9.82. The Morgan fingerprint density at radius 1 is 0.968 bits per heavy atom. The van der Waals surface area contributed by atoms with Gasteiger partial charge in [-0.2, -0.15) is 0 Å². The first-order valence-corrected chi connectivity index (χ1v) is 12.3. The Morgan fingerprint density at radius 2 is 1.39 bits per heavy atom. The van der Waals surface area contributed by atoms with Crippen LogP contribution in [0.4, 0.5) is 0 Å². The van der Waals surface area contributed by atoms with Gasteiger partial charge in [0, 0.05) is 12.6 Å². The normalized spacial score (nSPS) is 11.6. The quantitative estimate of drug-likeness (QED) is 0.160. The predicted molar refractivity (Wildman–Crippen MR) is 146 cm³/mol. The van der Waals surface area contributed by atoms with E-state index in [0.717, 1.165) is 11.3 Å². The highest BCUT2D eigenvalue weighted by molar-refractivity contribution is 5.98. The van der Waals surface area contributed by atoms with Crippen molar-refractivity contribution in [2.75, 3.05) is 7.05 Å². The van der Waals surface area contributed by atoms with Crippen molar-refractivity contribution >= 4 is 5.71 Å². The number of ether oxygens (including phenoxy) is 1. The Hall–Kier alpha value is -1.51. The van der Waals surface area contributed by atoms with E-state index < -0.39 is 0 Å². The van der Waals surface area contributed by atoms with Crippen molar-refractivity contribution in [2.24, 2.45) is 16.1 Å². The fourth-order valence-electron chi connectivity index (χ4n) is 2.14. The molecule has 0 fully saturated rings. The molecule has 0 spiro atoms. The van der Waals surface area contributed by atoms with Crippen LogP contribution in [0.2, 0.25) is 0 Å². The van der Waals surface area contributed by atoms with Gasteiger partial charge in [-0.05, 0) is 52.9 Å². The van der Waals surface area contributed by atoms with Crippen LogP contribution in [-0.2, 0) is 4.74 Å². The van der Waals surface area contributed by atoms with E-state index in [4.69, 9.17) is 10.5 Å². The lowest BCUT2D eigenvalue weighted by molar-refractivity contribution is 0.155. The summed E-state index contributed by atoms with van der Waals surface area (Å²) >= 11 is 0. The maximum atomic E-state index is 5.86. The summed E-state index contributed by atoms with van der Waals surface area (Å²) in [5.74, 6) is 0.612. The maximum absolute atomic E-state index is 5.86. The van der Waals surface area contributed by atoms with Gasteiger partial charge >= 0.3 is 0 Å². The molecule has 0 aromatic carbocycles. The van der Waals surface area contributed by atoms with Crippen LogP contribution in [0.15, 0.2) is 40.8 Å². The molecule has 31 heavy (non-hydrogen) atoms. The molecule has 0 unspecified atom stereocenters. The Morgan fingerprint density at radius 3 is 1.58 bits per heavy atom. The number of nitrogens with two attached hydrogens (primary N) is 1. The zero-order valence-corrected chi connectivity index (χ0v) is 23.7. The monoisotopic (exact) mass is 438 g/mol. The highest BCUT2D eigenvalue weighted by atomic mass is 16.5. The number of unbranched alkanes of at least 4 members (excludes halogenated alkanes) is 1. The van der Waals surface area contributed by atoms with Gasteiger partial charge in [0.2, 0.25) is 0 Å². The molecular formula is C28H58N2O. The van der Waals surface area contributed by atoms with Gasteiger partial charge in [-0.1, -0.05) is 86.3 Å². The summed E-state index contributed by atoms with van der Waals surface area (Å²) in [6.45, 7) is 32.7. The van der Waals surface area contributed by atoms with Crippen LogP contribution in [0.25, 0.3) is 0 Å². The third-order valence-electron chi connectivity index (χ3n) is 5.44. The smallest absolute Gasteiger partial charge is 0.117 e. The van der Waals surface area contributed by atoms with Gasteiger partial charge in [0.05, 0.1) is 17.5 Å². The molecule has 0 amide bonds. The average Bonchev–Trinajstić information content (AvgIpc) is 2.77. The SMILES string of the molecule is C=C(C)CCCC.C=C(OC(C)C)/C(C)=C(/N)C(C)=NC.CC.CCC(C)(CC)CC. The fraction of sp³-hybridized carbons (Fsp3) is 0.750. The minimum absolute atomic E-state index is 0.115. The molecule has 0 aromatic heterocycles. The van der Waals surface area contributed by atoms with Crippen molar-refractivity contribution in [3.63, 3.8) is 0 Å². The summed E-state index contributed by atoms with van der Waals surface area (Å²) < 4.78 is 5.44. The van der Waals surface area contributed by atoms with Crippen molar-refractivity contribution < 1.29 is 4.74 Å². The van der Waals surface area contributed by atoms with Crippen LogP contribution in [0, 0.1) is 5.41 Å². The standard InChI is InChI=1S/C11H20N2O.C8H18.C7H14.C2H6/c1-7(2)14-10(5)8(3)11(12)9(4)13-6;1-5-8(4,6-2)7-3;1-4-5-6-7(2)3;1-2/h7H,5,12H2,1-4,6H3;5-7H2,1-4H3;2,4-6H2,1,3H3;1-2H3/b11-8+,13-9?;;;. The first kappa shape index (κ1) is 36.8. The summed E-state index contributed by atoms with van der Waals surface area (Å²) in [6, 6.07) is 0. The molecule has 0 heterocycles. The predicted octanol–water partition coefficient (Wildman–Crippen LogP) is 9.25. The maximum Gasteiger partial charge on any atom is 0.117 e. The van der Waals surface area contributed by atoms with E-state index in [1.165, 1.54) is 44.1 Å².